The van der Waals surface area contributed by atoms with Gasteiger partial charge in [0.2, 0.25) is 5.91 Å². The number of rotatable bonds is 3. The van der Waals surface area contributed by atoms with Crippen LogP contribution in [0.2, 0.25) is 0 Å². The van der Waals surface area contributed by atoms with Gasteiger partial charge in [-0.15, -0.1) is 23.7 Å². The molecular formula is C15H25ClN2OS. The van der Waals surface area contributed by atoms with E-state index in [4.69, 9.17) is 0 Å². The number of aryl methyl sites for hydroxylation is 2. The first kappa shape index (κ1) is 17.5. The molecule has 1 saturated heterocycles. The van der Waals surface area contributed by atoms with E-state index in [2.05, 4.69) is 37.5 Å². The second-order valence-corrected chi connectivity index (χ2v) is 7.24. The first-order valence-electron chi connectivity index (χ1n) is 7.05. The van der Waals surface area contributed by atoms with Crippen LogP contribution in [0.1, 0.15) is 54.5 Å². The molecule has 2 unspecified atom stereocenters. The van der Waals surface area contributed by atoms with Gasteiger partial charge in [-0.25, -0.2) is 0 Å². The molecule has 0 spiro atoms. The molecule has 0 aliphatic carbocycles. The topological polar surface area (TPSA) is 41.1 Å². The van der Waals surface area contributed by atoms with E-state index in [0.717, 1.165) is 19.4 Å². The Labute approximate surface area is 131 Å². The zero-order valence-electron chi connectivity index (χ0n) is 12.7. The molecule has 1 aromatic rings. The molecule has 2 heterocycles. The van der Waals surface area contributed by atoms with Gasteiger partial charge in [0.1, 0.15) is 0 Å². The molecule has 1 amide bonds. The van der Waals surface area contributed by atoms with Crippen molar-refractivity contribution >= 4 is 29.7 Å². The minimum atomic E-state index is -0.397. The molecule has 0 saturated carbocycles. The quantitative estimate of drug-likeness (QED) is 0.896. The van der Waals surface area contributed by atoms with Crippen molar-refractivity contribution in [2.24, 2.45) is 0 Å². The van der Waals surface area contributed by atoms with Gasteiger partial charge in [-0.3, -0.25) is 4.79 Å². The number of amides is 1. The van der Waals surface area contributed by atoms with Crippen molar-refractivity contribution in [3.05, 3.63) is 21.4 Å². The van der Waals surface area contributed by atoms with Crippen LogP contribution in [-0.2, 0) is 4.79 Å². The lowest BCUT2D eigenvalue weighted by atomic mass is 9.89. The Balaban J connectivity index is 0.00000200. The van der Waals surface area contributed by atoms with Gasteiger partial charge in [0.25, 0.3) is 0 Å². The molecule has 114 valence electrons. The van der Waals surface area contributed by atoms with Gasteiger partial charge in [-0.1, -0.05) is 0 Å². The number of piperidine rings is 1. The third-order valence-electron chi connectivity index (χ3n) is 4.01. The first-order chi connectivity index (χ1) is 8.92. The smallest absolute Gasteiger partial charge is 0.240 e. The highest BCUT2D eigenvalue weighted by Gasteiger charge is 2.35. The van der Waals surface area contributed by atoms with Crippen LogP contribution in [0.15, 0.2) is 6.07 Å². The molecular weight excluding hydrogens is 292 g/mol. The van der Waals surface area contributed by atoms with Crippen molar-refractivity contribution < 1.29 is 4.79 Å². The Hall–Kier alpha value is -0.580. The van der Waals surface area contributed by atoms with Gasteiger partial charge in [-0.2, -0.15) is 0 Å². The number of carbonyl (C=O) groups excluding carboxylic acids is 1. The lowest BCUT2D eigenvalue weighted by molar-refractivity contribution is -0.128. The summed E-state index contributed by atoms with van der Waals surface area (Å²) in [6, 6.07) is 2.26. The van der Waals surface area contributed by atoms with Crippen LogP contribution >= 0.6 is 23.7 Å². The van der Waals surface area contributed by atoms with Crippen LogP contribution in [0.4, 0.5) is 0 Å². The second kappa shape index (κ2) is 6.92. The highest BCUT2D eigenvalue weighted by molar-refractivity contribution is 7.12. The summed E-state index contributed by atoms with van der Waals surface area (Å²) < 4.78 is 0. The third-order valence-corrected chi connectivity index (χ3v) is 5.00. The number of hydrogen-bond donors (Lipinski definition) is 2. The Morgan fingerprint density at radius 3 is 2.65 bits per heavy atom. The monoisotopic (exact) mass is 316 g/mol. The van der Waals surface area contributed by atoms with Crippen LogP contribution in [0.25, 0.3) is 0 Å². The minimum absolute atomic E-state index is 0. The molecule has 0 bridgehead atoms. The summed E-state index contributed by atoms with van der Waals surface area (Å²) >= 11 is 1.79. The lowest BCUT2D eigenvalue weighted by Gasteiger charge is -2.34. The summed E-state index contributed by atoms with van der Waals surface area (Å²) in [6.45, 7) is 9.25. The predicted molar refractivity (Wildman–Crippen MR) is 87.9 cm³/mol. The van der Waals surface area contributed by atoms with Gasteiger partial charge in [0.15, 0.2) is 0 Å². The second-order valence-electron chi connectivity index (χ2n) is 5.78. The van der Waals surface area contributed by atoms with Gasteiger partial charge in [0, 0.05) is 9.75 Å². The highest BCUT2D eigenvalue weighted by atomic mass is 35.5. The average molecular weight is 317 g/mol. The van der Waals surface area contributed by atoms with E-state index in [1.165, 1.54) is 21.7 Å². The largest absolute Gasteiger partial charge is 0.348 e. The molecule has 2 N–H and O–H groups in total. The van der Waals surface area contributed by atoms with E-state index in [1.807, 2.05) is 6.92 Å². The van der Waals surface area contributed by atoms with Crippen molar-refractivity contribution in [3.63, 3.8) is 0 Å². The predicted octanol–water partition coefficient (Wildman–Crippen LogP) is 3.50. The van der Waals surface area contributed by atoms with Gasteiger partial charge in [-0.05, 0) is 65.1 Å². The van der Waals surface area contributed by atoms with E-state index in [1.54, 1.807) is 11.3 Å². The van der Waals surface area contributed by atoms with E-state index in [9.17, 15) is 4.79 Å². The van der Waals surface area contributed by atoms with Crippen LogP contribution in [-0.4, -0.2) is 18.0 Å². The molecule has 2 atom stereocenters. The number of nitrogens with one attached hydrogen (secondary N) is 2. The third kappa shape index (κ3) is 3.74. The maximum atomic E-state index is 12.5. The molecule has 20 heavy (non-hydrogen) atoms. The maximum Gasteiger partial charge on any atom is 0.240 e. The minimum Gasteiger partial charge on any atom is -0.348 e. The fourth-order valence-electron chi connectivity index (χ4n) is 2.76. The van der Waals surface area contributed by atoms with Crippen molar-refractivity contribution in [2.45, 2.75) is 58.5 Å². The van der Waals surface area contributed by atoms with Crippen molar-refractivity contribution in [2.75, 3.05) is 6.54 Å². The normalized spacial score (nSPS) is 23.8. The summed E-state index contributed by atoms with van der Waals surface area (Å²) in [5, 5.41) is 6.53. The summed E-state index contributed by atoms with van der Waals surface area (Å²) in [6.07, 6.45) is 3.22. The number of thiophene rings is 1. The number of carbonyl (C=O) groups is 1. The van der Waals surface area contributed by atoms with Crippen LogP contribution in [0, 0.1) is 13.8 Å². The summed E-state index contributed by atoms with van der Waals surface area (Å²) in [7, 11) is 0. The Morgan fingerprint density at radius 1 is 1.45 bits per heavy atom. The fourth-order valence-corrected chi connectivity index (χ4v) is 3.79. The van der Waals surface area contributed by atoms with Crippen molar-refractivity contribution in [3.8, 4) is 0 Å². The van der Waals surface area contributed by atoms with E-state index < -0.39 is 5.54 Å². The number of hydrogen-bond acceptors (Lipinski definition) is 3. The first-order valence-corrected chi connectivity index (χ1v) is 7.87. The SMILES string of the molecule is Cc1cc(C(C)NC(=O)C2(C)CCCCN2)c(C)s1.Cl. The molecule has 2 rings (SSSR count). The zero-order chi connectivity index (χ0) is 14.0. The Bertz CT molecular complexity index is 466. The standard InChI is InChI=1S/C15H24N2OS.ClH/c1-10-9-13(12(3)19-10)11(2)17-14(18)15(4)7-5-6-8-16-15;/h9,11,16H,5-8H2,1-4H3,(H,17,18);1H. The number of halogens is 1. The molecule has 0 aromatic carbocycles. The van der Waals surface area contributed by atoms with E-state index in [-0.39, 0.29) is 24.4 Å². The molecule has 0 radical (unpaired) electrons. The molecule has 1 aliphatic rings. The van der Waals surface area contributed by atoms with Crippen LogP contribution < -0.4 is 10.6 Å². The van der Waals surface area contributed by atoms with Crippen molar-refractivity contribution in [1.29, 1.82) is 0 Å². The molecule has 5 heteroatoms. The zero-order valence-corrected chi connectivity index (χ0v) is 14.3. The molecule has 1 fully saturated rings. The fraction of sp³-hybridized carbons (Fsp3) is 0.667. The van der Waals surface area contributed by atoms with E-state index in [0.29, 0.717) is 0 Å². The Morgan fingerprint density at radius 2 is 2.15 bits per heavy atom. The Kier molecular flexibility index (Phi) is 6.05. The van der Waals surface area contributed by atoms with Gasteiger partial charge < -0.3 is 10.6 Å². The lowest BCUT2D eigenvalue weighted by Crippen LogP contribution is -2.57. The van der Waals surface area contributed by atoms with E-state index >= 15 is 0 Å². The summed E-state index contributed by atoms with van der Waals surface area (Å²) in [4.78, 5) is 15.1. The summed E-state index contributed by atoms with van der Waals surface area (Å²) in [5.41, 5.74) is 0.848. The van der Waals surface area contributed by atoms with Crippen LogP contribution in [0.3, 0.4) is 0 Å². The van der Waals surface area contributed by atoms with Crippen molar-refractivity contribution in [1.82, 2.24) is 10.6 Å². The average Bonchev–Trinajstić information content (AvgIpc) is 2.69. The molecule has 1 aliphatic heterocycles. The van der Waals surface area contributed by atoms with Gasteiger partial charge >= 0.3 is 0 Å². The maximum absolute atomic E-state index is 12.5. The highest BCUT2D eigenvalue weighted by Crippen LogP contribution is 2.27. The molecule has 3 nitrogen and oxygen atoms in total. The van der Waals surface area contributed by atoms with Crippen LogP contribution in [0.5, 0.6) is 0 Å². The summed E-state index contributed by atoms with van der Waals surface area (Å²) in [5.74, 6) is 0.128. The molecule has 1 aromatic heterocycles. The van der Waals surface area contributed by atoms with Gasteiger partial charge in [0.05, 0.1) is 11.6 Å².